The van der Waals surface area contributed by atoms with Gasteiger partial charge >= 0.3 is 0 Å². The average molecular weight is 256 g/mol. The maximum atomic E-state index is 5.72. The second kappa shape index (κ2) is 3.70. The largest absolute Gasteiger partial charge is 0.224 e. The monoisotopic (exact) mass is 254 g/mol. The fourth-order valence-electron chi connectivity index (χ4n) is 0.669. The van der Waals surface area contributed by atoms with E-state index in [4.69, 9.17) is 23.2 Å². The van der Waals surface area contributed by atoms with Gasteiger partial charge in [0.25, 0.3) is 0 Å². The van der Waals surface area contributed by atoms with Crippen LogP contribution in [0.4, 0.5) is 0 Å². The lowest BCUT2D eigenvalue weighted by atomic mass is 10.3. The van der Waals surface area contributed by atoms with Crippen LogP contribution in [0.2, 0.25) is 10.4 Å². The molecule has 0 aliphatic carbocycles. The number of aryl methyl sites for hydroxylation is 1. The molecule has 5 heteroatoms. The molecular weight excluding hydrogens is 251 g/mol. The van der Waals surface area contributed by atoms with Gasteiger partial charge in [-0.25, -0.2) is 9.97 Å². The highest BCUT2D eigenvalue weighted by molar-refractivity contribution is 9.10. The zero-order valence-electron chi connectivity index (χ0n) is 5.74. The van der Waals surface area contributed by atoms with Crippen molar-refractivity contribution in [1.29, 1.82) is 0 Å². The van der Waals surface area contributed by atoms with Crippen LogP contribution in [0.5, 0.6) is 0 Å². The smallest absolute Gasteiger partial charge is 0.222 e. The molecule has 0 spiro atoms. The van der Waals surface area contributed by atoms with Gasteiger partial charge in [0.2, 0.25) is 5.28 Å². The summed E-state index contributed by atoms with van der Waals surface area (Å²) in [5, 5.41) is 0.553. The standard InChI is InChI=1S/C6H5BrCl2N2/c1-2-3-4(7)5(8)11-6(9)10-3/h2H2,1H3. The van der Waals surface area contributed by atoms with Gasteiger partial charge in [0.05, 0.1) is 10.2 Å². The van der Waals surface area contributed by atoms with Crippen LogP contribution in [-0.2, 0) is 6.42 Å². The van der Waals surface area contributed by atoms with Gasteiger partial charge in [-0.05, 0) is 34.0 Å². The van der Waals surface area contributed by atoms with E-state index in [0.29, 0.717) is 5.15 Å². The third-order valence-corrected chi connectivity index (χ3v) is 2.69. The molecule has 1 aromatic heterocycles. The highest BCUT2D eigenvalue weighted by Gasteiger charge is 2.06. The van der Waals surface area contributed by atoms with Gasteiger partial charge < -0.3 is 0 Å². The number of halogens is 3. The van der Waals surface area contributed by atoms with Gasteiger partial charge in [-0.2, -0.15) is 0 Å². The molecular formula is C6H5BrCl2N2. The molecule has 0 bridgehead atoms. The number of nitrogens with zero attached hydrogens (tertiary/aromatic N) is 2. The van der Waals surface area contributed by atoms with Crippen LogP contribution < -0.4 is 0 Å². The molecule has 11 heavy (non-hydrogen) atoms. The van der Waals surface area contributed by atoms with Crippen LogP contribution in [0.3, 0.4) is 0 Å². The fraction of sp³-hybridized carbons (Fsp3) is 0.333. The SMILES string of the molecule is CCc1nc(Cl)nc(Cl)c1Br. The lowest BCUT2D eigenvalue weighted by Gasteiger charge is -2.01. The van der Waals surface area contributed by atoms with Crippen molar-refractivity contribution in [2.24, 2.45) is 0 Å². The van der Waals surface area contributed by atoms with Crippen molar-refractivity contribution in [2.75, 3.05) is 0 Å². The van der Waals surface area contributed by atoms with Gasteiger partial charge in [0, 0.05) is 0 Å². The Morgan fingerprint density at radius 3 is 2.55 bits per heavy atom. The molecule has 0 radical (unpaired) electrons. The first-order valence-electron chi connectivity index (χ1n) is 3.02. The molecule has 1 heterocycles. The highest BCUT2D eigenvalue weighted by atomic mass is 79.9. The summed E-state index contributed by atoms with van der Waals surface area (Å²) in [6.45, 7) is 1.97. The minimum absolute atomic E-state index is 0.190. The zero-order chi connectivity index (χ0) is 8.43. The molecule has 0 fully saturated rings. The van der Waals surface area contributed by atoms with Crippen LogP contribution in [0.25, 0.3) is 0 Å². The topological polar surface area (TPSA) is 25.8 Å². The minimum atomic E-state index is 0.190. The van der Waals surface area contributed by atoms with Crippen LogP contribution in [0.1, 0.15) is 12.6 Å². The van der Waals surface area contributed by atoms with Crippen LogP contribution in [0, 0.1) is 0 Å². The number of aromatic nitrogens is 2. The zero-order valence-corrected chi connectivity index (χ0v) is 8.83. The lowest BCUT2D eigenvalue weighted by Crippen LogP contribution is -1.93. The highest BCUT2D eigenvalue weighted by Crippen LogP contribution is 2.24. The first kappa shape index (κ1) is 9.23. The number of hydrogen-bond donors (Lipinski definition) is 0. The summed E-state index contributed by atoms with van der Waals surface area (Å²) >= 11 is 14.5. The number of rotatable bonds is 1. The van der Waals surface area contributed by atoms with Gasteiger partial charge in [-0.15, -0.1) is 0 Å². The Labute approximate surface area is 83.1 Å². The Kier molecular flexibility index (Phi) is 3.10. The molecule has 0 atom stereocenters. The summed E-state index contributed by atoms with van der Waals surface area (Å²) in [6, 6.07) is 0. The van der Waals surface area contributed by atoms with Crippen molar-refractivity contribution in [3.8, 4) is 0 Å². The summed E-state index contributed by atoms with van der Waals surface area (Å²) in [6.07, 6.45) is 0.780. The molecule has 0 amide bonds. The van der Waals surface area contributed by atoms with Gasteiger partial charge in [-0.3, -0.25) is 0 Å². The summed E-state index contributed by atoms with van der Waals surface area (Å²) in [5.74, 6) is 0. The first-order valence-corrected chi connectivity index (χ1v) is 4.57. The second-order valence-electron chi connectivity index (χ2n) is 1.90. The molecule has 1 rings (SSSR count). The Bertz CT molecular complexity index is 278. The van der Waals surface area contributed by atoms with E-state index < -0.39 is 0 Å². The molecule has 0 aromatic carbocycles. The van der Waals surface area contributed by atoms with Crippen molar-refractivity contribution in [1.82, 2.24) is 9.97 Å². The van der Waals surface area contributed by atoms with Crippen molar-refractivity contribution in [3.05, 3.63) is 20.6 Å². The van der Waals surface area contributed by atoms with E-state index in [0.717, 1.165) is 16.6 Å². The molecule has 0 saturated heterocycles. The Hall–Kier alpha value is 0.140. The molecule has 60 valence electrons. The van der Waals surface area contributed by atoms with Crippen LogP contribution in [0.15, 0.2) is 4.47 Å². The second-order valence-corrected chi connectivity index (χ2v) is 3.39. The van der Waals surface area contributed by atoms with Crippen molar-refractivity contribution >= 4 is 39.1 Å². The first-order chi connectivity index (χ1) is 5.15. The van der Waals surface area contributed by atoms with E-state index in [1.165, 1.54) is 0 Å². The van der Waals surface area contributed by atoms with E-state index in [2.05, 4.69) is 25.9 Å². The third-order valence-electron chi connectivity index (χ3n) is 1.19. The maximum absolute atomic E-state index is 5.72. The summed E-state index contributed by atoms with van der Waals surface area (Å²) < 4.78 is 0.728. The maximum Gasteiger partial charge on any atom is 0.224 e. The molecule has 0 aliphatic rings. The predicted octanol–water partition coefficient (Wildman–Crippen LogP) is 3.11. The van der Waals surface area contributed by atoms with E-state index >= 15 is 0 Å². The average Bonchev–Trinajstić information content (AvgIpc) is 1.96. The predicted molar refractivity (Wildman–Crippen MR) is 49.1 cm³/mol. The number of hydrogen-bond acceptors (Lipinski definition) is 2. The van der Waals surface area contributed by atoms with E-state index in [1.54, 1.807) is 0 Å². The summed E-state index contributed by atoms with van der Waals surface area (Å²) in [5.41, 5.74) is 0.829. The molecule has 0 saturated carbocycles. The van der Waals surface area contributed by atoms with Gasteiger partial charge in [0.15, 0.2) is 0 Å². The van der Waals surface area contributed by atoms with Crippen LogP contribution in [-0.4, -0.2) is 9.97 Å². The lowest BCUT2D eigenvalue weighted by molar-refractivity contribution is 0.984. The van der Waals surface area contributed by atoms with Crippen LogP contribution >= 0.6 is 39.1 Å². The van der Waals surface area contributed by atoms with E-state index in [9.17, 15) is 0 Å². The van der Waals surface area contributed by atoms with E-state index in [-0.39, 0.29) is 5.28 Å². The van der Waals surface area contributed by atoms with E-state index in [1.807, 2.05) is 6.92 Å². The van der Waals surface area contributed by atoms with Gasteiger partial charge in [0.1, 0.15) is 5.15 Å². The van der Waals surface area contributed by atoms with Crippen molar-refractivity contribution in [3.63, 3.8) is 0 Å². The molecule has 2 nitrogen and oxygen atoms in total. The Balaban J connectivity index is 3.24. The van der Waals surface area contributed by atoms with Crippen molar-refractivity contribution in [2.45, 2.75) is 13.3 Å². The Morgan fingerprint density at radius 1 is 1.36 bits per heavy atom. The minimum Gasteiger partial charge on any atom is -0.222 e. The normalized spacial score (nSPS) is 10.2. The molecule has 0 aliphatic heterocycles. The Morgan fingerprint density at radius 2 is 2.00 bits per heavy atom. The summed E-state index contributed by atoms with van der Waals surface area (Å²) in [7, 11) is 0. The van der Waals surface area contributed by atoms with Gasteiger partial charge in [-0.1, -0.05) is 18.5 Å². The van der Waals surface area contributed by atoms with Crippen molar-refractivity contribution < 1.29 is 0 Å². The molecule has 1 aromatic rings. The summed E-state index contributed by atoms with van der Waals surface area (Å²) in [4.78, 5) is 7.73. The fourth-order valence-corrected chi connectivity index (χ4v) is 1.55. The third kappa shape index (κ3) is 2.04. The molecule has 0 N–H and O–H groups in total. The quantitative estimate of drug-likeness (QED) is 0.569. The molecule has 0 unspecified atom stereocenters.